The summed E-state index contributed by atoms with van der Waals surface area (Å²) in [6, 6.07) is 4.92. The summed E-state index contributed by atoms with van der Waals surface area (Å²) in [7, 11) is 0. The molecule has 0 heterocycles. The Morgan fingerprint density at radius 2 is 1.94 bits per heavy atom. The minimum Gasteiger partial charge on any atom is -0.396 e. The lowest BCUT2D eigenvalue weighted by Crippen LogP contribution is -2.34. The first-order chi connectivity index (χ1) is 7.97. The van der Waals surface area contributed by atoms with Crippen LogP contribution in [-0.2, 0) is 4.79 Å². The number of rotatable bonds is 5. The van der Waals surface area contributed by atoms with Crippen molar-refractivity contribution in [2.45, 2.75) is 6.92 Å². The number of anilines is 2. The lowest BCUT2D eigenvalue weighted by molar-refractivity contribution is -0.116. The molecule has 17 heavy (non-hydrogen) atoms. The lowest BCUT2D eigenvalue weighted by Gasteiger charge is -2.23. The zero-order valence-corrected chi connectivity index (χ0v) is 9.64. The third kappa shape index (κ3) is 2.87. The van der Waals surface area contributed by atoms with Gasteiger partial charge in [-0.3, -0.25) is 9.59 Å². The molecule has 0 aliphatic heterocycles. The fourth-order valence-electron chi connectivity index (χ4n) is 1.60. The molecule has 6 nitrogen and oxygen atoms in total. The zero-order chi connectivity index (χ0) is 13.0. The van der Waals surface area contributed by atoms with Crippen LogP contribution in [0.3, 0.4) is 0 Å². The van der Waals surface area contributed by atoms with Crippen LogP contribution in [0.4, 0.5) is 11.4 Å². The minimum atomic E-state index is -0.598. The second-order valence-corrected chi connectivity index (χ2v) is 3.58. The van der Waals surface area contributed by atoms with Gasteiger partial charge in [0.2, 0.25) is 5.91 Å². The summed E-state index contributed by atoms with van der Waals surface area (Å²) in [5.41, 5.74) is 17.3. The Hall–Kier alpha value is -2.24. The van der Waals surface area contributed by atoms with Gasteiger partial charge in [0.1, 0.15) is 0 Å². The summed E-state index contributed by atoms with van der Waals surface area (Å²) in [4.78, 5) is 23.7. The zero-order valence-electron chi connectivity index (χ0n) is 9.64. The van der Waals surface area contributed by atoms with Gasteiger partial charge in [-0.2, -0.15) is 0 Å². The number of nitrogen functional groups attached to an aromatic ring is 1. The third-order valence-electron chi connectivity index (χ3n) is 2.42. The Labute approximate surface area is 99.4 Å². The fraction of sp³-hybridized carbons (Fsp3) is 0.273. The smallest absolute Gasteiger partial charge is 0.250 e. The number of nitrogens with two attached hydrogens (primary N) is 3. The van der Waals surface area contributed by atoms with E-state index in [0.29, 0.717) is 12.2 Å². The van der Waals surface area contributed by atoms with Gasteiger partial charge in [0, 0.05) is 6.54 Å². The Morgan fingerprint density at radius 3 is 2.41 bits per heavy atom. The van der Waals surface area contributed by atoms with Gasteiger partial charge < -0.3 is 22.1 Å². The molecule has 0 radical (unpaired) electrons. The molecule has 0 spiro atoms. The highest BCUT2D eigenvalue weighted by molar-refractivity contribution is 6.01. The highest BCUT2D eigenvalue weighted by Gasteiger charge is 2.14. The van der Waals surface area contributed by atoms with Gasteiger partial charge in [0.05, 0.1) is 23.5 Å². The second kappa shape index (κ2) is 5.20. The Bertz CT molecular complexity index is 445. The van der Waals surface area contributed by atoms with Gasteiger partial charge in [-0.15, -0.1) is 0 Å². The van der Waals surface area contributed by atoms with E-state index in [0.717, 1.165) is 0 Å². The van der Waals surface area contributed by atoms with Crippen LogP contribution in [0.25, 0.3) is 0 Å². The number of amides is 2. The lowest BCUT2D eigenvalue weighted by atomic mass is 10.1. The monoisotopic (exact) mass is 236 g/mol. The van der Waals surface area contributed by atoms with E-state index in [2.05, 4.69) is 0 Å². The number of carbonyl (C=O) groups excluding carboxylic acids is 2. The van der Waals surface area contributed by atoms with Gasteiger partial charge in [-0.05, 0) is 19.1 Å². The van der Waals surface area contributed by atoms with E-state index in [-0.39, 0.29) is 17.8 Å². The normalized spacial score (nSPS) is 9.94. The van der Waals surface area contributed by atoms with Crippen molar-refractivity contribution < 1.29 is 9.59 Å². The average Bonchev–Trinajstić information content (AvgIpc) is 2.26. The van der Waals surface area contributed by atoms with E-state index in [1.807, 2.05) is 6.92 Å². The van der Waals surface area contributed by atoms with Crippen LogP contribution in [-0.4, -0.2) is 24.9 Å². The number of likely N-dealkylation sites (N-methyl/N-ethyl adjacent to an activating group) is 1. The average molecular weight is 236 g/mol. The van der Waals surface area contributed by atoms with E-state index >= 15 is 0 Å². The summed E-state index contributed by atoms with van der Waals surface area (Å²) in [6.07, 6.45) is 0. The molecule has 1 aromatic carbocycles. The van der Waals surface area contributed by atoms with Gasteiger partial charge in [0.25, 0.3) is 5.91 Å². The summed E-state index contributed by atoms with van der Waals surface area (Å²) in [5, 5.41) is 0. The molecule has 0 saturated heterocycles. The first kappa shape index (κ1) is 12.8. The Balaban J connectivity index is 3.16. The van der Waals surface area contributed by atoms with Gasteiger partial charge in [0.15, 0.2) is 0 Å². The molecular formula is C11H16N4O2. The highest BCUT2D eigenvalue weighted by atomic mass is 16.1. The van der Waals surface area contributed by atoms with E-state index in [1.165, 1.54) is 0 Å². The molecule has 0 aromatic heterocycles. The molecule has 1 aromatic rings. The van der Waals surface area contributed by atoms with Crippen LogP contribution in [0, 0.1) is 0 Å². The maximum absolute atomic E-state index is 11.1. The van der Waals surface area contributed by atoms with E-state index < -0.39 is 11.8 Å². The van der Waals surface area contributed by atoms with Crippen molar-refractivity contribution >= 4 is 23.2 Å². The SMILES string of the molecule is CCN(CC(N)=O)c1cccc(C(N)=O)c1N. The number of para-hydroxylation sites is 1. The number of hydrogen-bond acceptors (Lipinski definition) is 4. The summed E-state index contributed by atoms with van der Waals surface area (Å²) in [5.74, 6) is -1.06. The fourth-order valence-corrected chi connectivity index (χ4v) is 1.60. The van der Waals surface area contributed by atoms with E-state index in [4.69, 9.17) is 17.2 Å². The molecule has 0 saturated carbocycles. The quantitative estimate of drug-likeness (QED) is 0.607. The van der Waals surface area contributed by atoms with Gasteiger partial charge in [-0.25, -0.2) is 0 Å². The molecule has 0 bridgehead atoms. The molecule has 92 valence electrons. The summed E-state index contributed by atoms with van der Waals surface area (Å²) < 4.78 is 0. The Kier molecular flexibility index (Phi) is 3.92. The molecule has 6 N–H and O–H groups in total. The summed E-state index contributed by atoms with van der Waals surface area (Å²) in [6.45, 7) is 2.46. The van der Waals surface area contributed by atoms with Crippen molar-refractivity contribution in [1.82, 2.24) is 0 Å². The van der Waals surface area contributed by atoms with Crippen molar-refractivity contribution in [2.24, 2.45) is 11.5 Å². The number of primary amides is 2. The van der Waals surface area contributed by atoms with E-state index in [9.17, 15) is 9.59 Å². The molecule has 2 amide bonds. The maximum Gasteiger partial charge on any atom is 0.250 e. The molecule has 0 atom stereocenters. The second-order valence-electron chi connectivity index (χ2n) is 3.58. The molecule has 1 rings (SSSR count). The van der Waals surface area contributed by atoms with Crippen LogP contribution >= 0.6 is 0 Å². The molecule has 0 fully saturated rings. The number of benzene rings is 1. The minimum absolute atomic E-state index is 0.0446. The van der Waals surface area contributed by atoms with Crippen molar-refractivity contribution in [3.8, 4) is 0 Å². The molecule has 6 heteroatoms. The van der Waals surface area contributed by atoms with Crippen LogP contribution in [0.15, 0.2) is 18.2 Å². The van der Waals surface area contributed by atoms with Crippen molar-refractivity contribution in [2.75, 3.05) is 23.7 Å². The van der Waals surface area contributed by atoms with Gasteiger partial charge in [-0.1, -0.05) is 6.07 Å². The standard InChI is InChI=1S/C11H16N4O2/c1-2-15(6-9(12)16)8-5-3-4-7(10(8)13)11(14)17/h3-5H,2,6,13H2,1H3,(H2,12,16)(H2,14,17). The molecular weight excluding hydrogens is 220 g/mol. The number of hydrogen-bond donors (Lipinski definition) is 3. The third-order valence-corrected chi connectivity index (χ3v) is 2.42. The van der Waals surface area contributed by atoms with Gasteiger partial charge >= 0.3 is 0 Å². The molecule has 0 unspecified atom stereocenters. The topological polar surface area (TPSA) is 115 Å². The van der Waals surface area contributed by atoms with E-state index in [1.54, 1.807) is 23.1 Å². The maximum atomic E-state index is 11.1. The molecule has 0 aliphatic carbocycles. The predicted octanol–water partition coefficient (Wildman–Crippen LogP) is -0.321. The van der Waals surface area contributed by atoms with Crippen LogP contribution in [0.1, 0.15) is 17.3 Å². The Morgan fingerprint density at radius 1 is 1.29 bits per heavy atom. The summed E-state index contributed by atoms with van der Waals surface area (Å²) >= 11 is 0. The predicted molar refractivity (Wildman–Crippen MR) is 66.5 cm³/mol. The number of carbonyl (C=O) groups is 2. The first-order valence-corrected chi connectivity index (χ1v) is 5.19. The first-order valence-electron chi connectivity index (χ1n) is 5.19. The van der Waals surface area contributed by atoms with Crippen molar-refractivity contribution in [1.29, 1.82) is 0 Å². The number of nitrogens with zero attached hydrogens (tertiary/aromatic N) is 1. The molecule has 0 aliphatic rings. The largest absolute Gasteiger partial charge is 0.396 e. The van der Waals surface area contributed by atoms with Crippen LogP contribution in [0.2, 0.25) is 0 Å². The van der Waals surface area contributed by atoms with Crippen LogP contribution in [0.5, 0.6) is 0 Å². The van der Waals surface area contributed by atoms with Crippen molar-refractivity contribution in [3.05, 3.63) is 23.8 Å². The van der Waals surface area contributed by atoms with Crippen molar-refractivity contribution in [3.63, 3.8) is 0 Å². The highest BCUT2D eigenvalue weighted by Crippen LogP contribution is 2.26. The van der Waals surface area contributed by atoms with Crippen LogP contribution < -0.4 is 22.1 Å².